The molecule has 0 saturated heterocycles. The lowest BCUT2D eigenvalue weighted by Crippen LogP contribution is -2.37. The molecule has 0 fully saturated rings. The van der Waals surface area contributed by atoms with Crippen LogP contribution in [0.25, 0.3) is 33.3 Å². The Hall–Kier alpha value is -4.57. The first-order valence-corrected chi connectivity index (χ1v) is 12.9. The minimum absolute atomic E-state index is 0.144. The van der Waals surface area contributed by atoms with Crippen molar-refractivity contribution in [2.45, 2.75) is 33.2 Å². The van der Waals surface area contributed by atoms with E-state index in [4.69, 9.17) is 29.7 Å². The SMILES string of the molecule is CCCN(CCC)c1ccc2nc3c4ccccc4c(=Nc4cc[n+](CC[O-])cc4)cc-3oc2c1.O=[N+]([O-])O. The van der Waals surface area contributed by atoms with Gasteiger partial charge in [-0.05, 0) is 25.0 Å². The van der Waals surface area contributed by atoms with E-state index in [1.807, 2.05) is 47.3 Å². The van der Waals surface area contributed by atoms with Crippen molar-refractivity contribution in [1.82, 2.24) is 4.98 Å². The van der Waals surface area contributed by atoms with E-state index in [1.165, 1.54) is 0 Å². The number of fused-ring (bicyclic) bond motifs is 4. The third kappa shape index (κ3) is 6.66. The zero-order valence-electron chi connectivity index (χ0n) is 22.0. The van der Waals surface area contributed by atoms with Crippen molar-refractivity contribution in [1.29, 1.82) is 0 Å². The van der Waals surface area contributed by atoms with Crippen molar-refractivity contribution in [2.75, 3.05) is 24.6 Å². The lowest BCUT2D eigenvalue weighted by atomic mass is 10.0. The van der Waals surface area contributed by atoms with E-state index in [2.05, 4.69) is 49.1 Å². The summed E-state index contributed by atoms with van der Waals surface area (Å²) in [6, 6.07) is 20.3. The molecule has 3 aromatic rings. The minimum atomic E-state index is -1.50. The molecule has 0 unspecified atom stereocenters. The van der Waals surface area contributed by atoms with E-state index in [0.717, 1.165) is 70.2 Å². The van der Waals surface area contributed by atoms with Crippen LogP contribution in [-0.4, -0.2) is 35.0 Å². The number of aromatic nitrogens is 2. The molecule has 10 heteroatoms. The summed E-state index contributed by atoms with van der Waals surface area (Å²) in [5.74, 6) is 0.710. The smallest absolute Gasteiger partial charge is 0.291 e. The van der Waals surface area contributed by atoms with E-state index in [-0.39, 0.29) is 6.61 Å². The Morgan fingerprint density at radius 3 is 2.33 bits per heavy atom. The van der Waals surface area contributed by atoms with Gasteiger partial charge in [-0.2, -0.15) is 0 Å². The van der Waals surface area contributed by atoms with Crippen LogP contribution in [-0.2, 0) is 6.54 Å². The Morgan fingerprint density at radius 2 is 1.69 bits per heavy atom. The fraction of sp³-hybridized carbons (Fsp3) is 0.276. The summed E-state index contributed by atoms with van der Waals surface area (Å²) in [5.41, 5.74) is 4.43. The Labute approximate surface area is 225 Å². The summed E-state index contributed by atoms with van der Waals surface area (Å²) in [7, 11) is 0. The Bertz CT molecular complexity index is 1590. The Kier molecular flexibility index (Phi) is 9.01. The van der Waals surface area contributed by atoms with Crippen molar-refractivity contribution >= 4 is 33.2 Å². The summed E-state index contributed by atoms with van der Waals surface area (Å²) >= 11 is 0. The van der Waals surface area contributed by atoms with Crippen LogP contribution in [0.4, 0.5) is 11.4 Å². The second-order valence-electron chi connectivity index (χ2n) is 8.99. The van der Waals surface area contributed by atoms with Crippen LogP contribution in [0.1, 0.15) is 26.7 Å². The highest BCUT2D eigenvalue weighted by Gasteiger charge is 2.16. The van der Waals surface area contributed by atoms with E-state index in [9.17, 15) is 5.11 Å². The van der Waals surface area contributed by atoms with E-state index >= 15 is 0 Å². The molecule has 0 spiro atoms. The fourth-order valence-corrected chi connectivity index (χ4v) is 4.54. The molecule has 1 aromatic heterocycles. The lowest BCUT2D eigenvalue weighted by molar-refractivity contribution is -0.742. The quantitative estimate of drug-likeness (QED) is 0.104. The average molecular weight is 530 g/mol. The van der Waals surface area contributed by atoms with Gasteiger partial charge in [0.2, 0.25) is 0 Å². The van der Waals surface area contributed by atoms with Gasteiger partial charge in [0.25, 0.3) is 5.09 Å². The van der Waals surface area contributed by atoms with Crippen molar-refractivity contribution in [3.8, 4) is 11.5 Å². The minimum Gasteiger partial charge on any atom is -0.850 e. The molecule has 2 heterocycles. The highest BCUT2D eigenvalue weighted by Crippen LogP contribution is 2.32. The van der Waals surface area contributed by atoms with Crippen LogP contribution in [0.5, 0.6) is 0 Å². The molecule has 39 heavy (non-hydrogen) atoms. The monoisotopic (exact) mass is 529 g/mol. The standard InChI is InChI=1S/C29H30N4O2.HNO3/c1-3-13-33(14-4-2)22-9-10-25-27(19-22)35-28-20-26(23-7-5-6-8-24(23)29(28)31-25)30-21-11-15-32(16-12-21)17-18-34;2-1(3)4/h5-12,15-16,19-20H,3-4,13-14,17-18H2,1-2H3;(H,2,3,4). The van der Waals surface area contributed by atoms with Gasteiger partial charge in [0.1, 0.15) is 17.8 Å². The maximum Gasteiger partial charge on any atom is 0.291 e. The van der Waals surface area contributed by atoms with Gasteiger partial charge in [-0.15, -0.1) is 10.1 Å². The molecule has 0 bridgehead atoms. The fourth-order valence-electron chi connectivity index (χ4n) is 4.54. The largest absolute Gasteiger partial charge is 0.850 e. The molecule has 2 aromatic carbocycles. The summed E-state index contributed by atoms with van der Waals surface area (Å²) in [6.45, 7) is 6.74. The first-order valence-electron chi connectivity index (χ1n) is 12.9. The van der Waals surface area contributed by atoms with Gasteiger partial charge in [0.15, 0.2) is 23.7 Å². The van der Waals surface area contributed by atoms with Crippen molar-refractivity contribution < 1.29 is 24.4 Å². The normalized spacial score (nSPS) is 11.5. The number of rotatable bonds is 8. The summed E-state index contributed by atoms with van der Waals surface area (Å²) in [6.07, 6.45) is 5.97. The van der Waals surface area contributed by atoms with Gasteiger partial charge in [0.05, 0.1) is 11.0 Å². The third-order valence-corrected chi connectivity index (χ3v) is 6.18. The van der Waals surface area contributed by atoms with Gasteiger partial charge in [0, 0.05) is 53.8 Å². The van der Waals surface area contributed by atoms with E-state index < -0.39 is 5.09 Å². The summed E-state index contributed by atoms with van der Waals surface area (Å²) < 4.78 is 8.31. The molecule has 0 saturated carbocycles. The number of benzene rings is 3. The van der Waals surface area contributed by atoms with Gasteiger partial charge < -0.3 is 19.6 Å². The van der Waals surface area contributed by atoms with Crippen LogP contribution < -0.4 is 19.9 Å². The topological polar surface area (TPSA) is 132 Å². The summed E-state index contributed by atoms with van der Waals surface area (Å²) in [4.78, 5) is 20.7. The number of anilines is 1. The second kappa shape index (κ2) is 12.8. The van der Waals surface area contributed by atoms with Crippen LogP contribution in [0.3, 0.4) is 0 Å². The number of hydrogen-bond donors (Lipinski definition) is 1. The van der Waals surface area contributed by atoms with Gasteiger partial charge >= 0.3 is 0 Å². The van der Waals surface area contributed by atoms with Crippen molar-refractivity contribution in [3.63, 3.8) is 0 Å². The van der Waals surface area contributed by atoms with Crippen LogP contribution in [0.2, 0.25) is 0 Å². The Morgan fingerprint density at radius 1 is 1.03 bits per heavy atom. The molecule has 0 amide bonds. The molecule has 202 valence electrons. The third-order valence-electron chi connectivity index (χ3n) is 6.18. The molecule has 1 N–H and O–H groups in total. The average Bonchev–Trinajstić information content (AvgIpc) is 2.93. The van der Waals surface area contributed by atoms with E-state index in [1.54, 1.807) is 0 Å². The molecule has 1 aliphatic carbocycles. The van der Waals surface area contributed by atoms with Crippen LogP contribution in [0, 0.1) is 10.1 Å². The molecule has 2 aliphatic rings. The highest BCUT2D eigenvalue weighted by molar-refractivity contribution is 5.96. The molecular formula is C29H31N5O5. The molecule has 5 rings (SSSR count). The number of pyridine rings is 1. The highest BCUT2D eigenvalue weighted by atomic mass is 16.9. The zero-order valence-corrected chi connectivity index (χ0v) is 22.0. The van der Waals surface area contributed by atoms with Crippen molar-refractivity contribution in [3.05, 3.63) is 88.5 Å². The van der Waals surface area contributed by atoms with Gasteiger partial charge in [-0.3, -0.25) is 0 Å². The molecule has 0 radical (unpaired) electrons. The zero-order chi connectivity index (χ0) is 27.8. The lowest BCUT2D eigenvalue weighted by Gasteiger charge is -2.24. The second-order valence-corrected chi connectivity index (χ2v) is 8.99. The predicted octanol–water partition coefficient (Wildman–Crippen LogP) is 4.24. The molecule has 1 aliphatic heterocycles. The molecule has 0 atom stereocenters. The number of hydrogen-bond acceptors (Lipinski definition) is 7. The van der Waals surface area contributed by atoms with E-state index in [0.29, 0.717) is 12.3 Å². The van der Waals surface area contributed by atoms with Crippen LogP contribution in [0.15, 0.2) is 82.5 Å². The van der Waals surface area contributed by atoms with Crippen LogP contribution >= 0.6 is 0 Å². The molecule has 10 nitrogen and oxygen atoms in total. The first-order chi connectivity index (χ1) is 18.9. The number of nitrogens with zero attached hydrogens (tertiary/aromatic N) is 5. The maximum atomic E-state index is 10.9. The first kappa shape index (κ1) is 27.5. The summed E-state index contributed by atoms with van der Waals surface area (Å²) in [5, 5.41) is 27.4. The van der Waals surface area contributed by atoms with Gasteiger partial charge in [-0.1, -0.05) is 44.7 Å². The maximum absolute atomic E-state index is 10.9. The molecular weight excluding hydrogens is 498 g/mol. The van der Waals surface area contributed by atoms with Gasteiger partial charge in [-0.25, -0.2) is 14.5 Å². The van der Waals surface area contributed by atoms with Crippen molar-refractivity contribution in [2.24, 2.45) is 4.99 Å². The Balaban J connectivity index is 0.000000826. The predicted molar refractivity (Wildman–Crippen MR) is 146 cm³/mol.